The van der Waals surface area contributed by atoms with E-state index in [-0.39, 0.29) is 13.1 Å². The molecule has 0 aromatic heterocycles. The van der Waals surface area contributed by atoms with Crippen LogP contribution in [-0.2, 0) is 16.6 Å². The van der Waals surface area contributed by atoms with Gasteiger partial charge in [-0.05, 0) is 30.5 Å². The molecule has 0 atom stereocenters. The van der Waals surface area contributed by atoms with Gasteiger partial charge < -0.3 is 10.6 Å². The number of hydrogen-bond acceptors (Lipinski definition) is 3. The average molecular weight is 380 g/mol. The van der Waals surface area contributed by atoms with E-state index in [4.69, 9.17) is 23.2 Å². The summed E-state index contributed by atoms with van der Waals surface area (Å²) in [5, 5.41) is 6.26. The van der Waals surface area contributed by atoms with Crippen molar-refractivity contribution < 1.29 is 13.2 Å². The second-order valence-electron chi connectivity index (χ2n) is 5.74. The molecule has 9 heteroatoms. The Morgan fingerprint density at radius 2 is 1.91 bits per heavy atom. The second kappa shape index (κ2) is 6.84. The Balaban J connectivity index is 1.87. The van der Waals surface area contributed by atoms with Crippen molar-refractivity contribution in [3.05, 3.63) is 33.8 Å². The lowest BCUT2D eigenvalue weighted by molar-refractivity contribution is 0.240. The highest BCUT2D eigenvalue weighted by Gasteiger charge is 2.55. The number of nitrogens with zero attached hydrogens (tertiary/aromatic N) is 1. The van der Waals surface area contributed by atoms with Crippen molar-refractivity contribution in [2.75, 3.05) is 20.6 Å². The molecule has 1 aromatic carbocycles. The Labute approximate surface area is 146 Å². The monoisotopic (exact) mass is 379 g/mol. The number of benzene rings is 1. The van der Waals surface area contributed by atoms with Crippen LogP contribution >= 0.6 is 23.2 Å². The fourth-order valence-electron chi connectivity index (χ4n) is 2.20. The molecule has 2 N–H and O–H groups in total. The van der Waals surface area contributed by atoms with E-state index < -0.39 is 20.8 Å². The molecule has 2 rings (SSSR count). The third kappa shape index (κ3) is 4.09. The first-order valence-corrected chi connectivity index (χ1v) is 9.25. The zero-order valence-corrected chi connectivity index (χ0v) is 15.2. The fourth-order valence-corrected chi connectivity index (χ4v) is 4.32. The molecule has 1 aromatic rings. The van der Waals surface area contributed by atoms with Gasteiger partial charge in [0.2, 0.25) is 10.0 Å². The molecule has 23 heavy (non-hydrogen) atoms. The summed E-state index contributed by atoms with van der Waals surface area (Å²) in [5.74, 6) is 0. The zero-order chi connectivity index (χ0) is 17.3. The smallest absolute Gasteiger partial charge is 0.315 e. The number of carbonyl (C=O) groups excluding carboxylic acids is 1. The summed E-state index contributed by atoms with van der Waals surface area (Å²) >= 11 is 11.8. The third-order valence-corrected chi connectivity index (χ3v) is 7.06. The van der Waals surface area contributed by atoms with Crippen LogP contribution in [-0.4, -0.2) is 44.1 Å². The molecule has 1 saturated carbocycles. The van der Waals surface area contributed by atoms with Gasteiger partial charge in [0.1, 0.15) is 4.75 Å². The van der Waals surface area contributed by atoms with Crippen molar-refractivity contribution in [2.24, 2.45) is 0 Å². The summed E-state index contributed by atoms with van der Waals surface area (Å²) in [6, 6.07) is 4.58. The lowest BCUT2D eigenvalue weighted by atomic mass is 10.2. The van der Waals surface area contributed by atoms with Gasteiger partial charge in [0, 0.05) is 37.2 Å². The maximum atomic E-state index is 12.2. The van der Waals surface area contributed by atoms with Gasteiger partial charge in [-0.2, -0.15) is 0 Å². The van der Waals surface area contributed by atoms with Crippen LogP contribution in [0.4, 0.5) is 4.79 Å². The first-order chi connectivity index (χ1) is 10.7. The minimum absolute atomic E-state index is 0.0910. The van der Waals surface area contributed by atoms with E-state index in [0.29, 0.717) is 22.9 Å². The van der Waals surface area contributed by atoms with Gasteiger partial charge in [-0.1, -0.05) is 29.3 Å². The predicted octanol–water partition coefficient (Wildman–Crippen LogP) is 2.22. The first kappa shape index (κ1) is 18.3. The summed E-state index contributed by atoms with van der Waals surface area (Å²) in [6.07, 6.45) is 1.10. The summed E-state index contributed by atoms with van der Waals surface area (Å²) in [7, 11) is -0.388. The molecule has 0 unspecified atom stereocenters. The maximum Gasteiger partial charge on any atom is 0.315 e. The lowest BCUT2D eigenvalue weighted by Gasteiger charge is -2.21. The number of sulfonamides is 1. The molecule has 6 nitrogen and oxygen atoms in total. The Hall–Kier alpha value is -1.02. The number of carbonyl (C=O) groups is 1. The average Bonchev–Trinajstić information content (AvgIpc) is 3.25. The number of urea groups is 1. The van der Waals surface area contributed by atoms with Crippen LogP contribution in [0.3, 0.4) is 0 Å². The number of nitrogens with one attached hydrogen (secondary N) is 2. The Kier molecular flexibility index (Phi) is 5.45. The molecule has 1 aliphatic carbocycles. The number of amides is 2. The van der Waals surface area contributed by atoms with Crippen molar-refractivity contribution in [3.8, 4) is 0 Å². The molecule has 1 fully saturated rings. The Morgan fingerprint density at radius 3 is 2.43 bits per heavy atom. The van der Waals surface area contributed by atoms with Crippen LogP contribution in [0.15, 0.2) is 18.2 Å². The molecule has 0 radical (unpaired) electrons. The Morgan fingerprint density at radius 1 is 1.26 bits per heavy atom. The normalized spacial score (nSPS) is 16.2. The van der Waals surface area contributed by atoms with E-state index in [2.05, 4.69) is 10.6 Å². The molecule has 2 amide bonds. The molecule has 128 valence electrons. The maximum absolute atomic E-state index is 12.2. The molecule has 0 heterocycles. The SMILES string of the molecule is CN(C)S(=O)(=O)C1(CNC(=O)NCc2ccc(Cl)cc2Cl)CC1. The van der Waals surface area contributed by atoms with Gasteiger partial charge in [-0.25, -0.2) is 17.5 Å². The highest BCUT2D eigenvalue weighted by Crippen LogP contribution is 2.44. The molecular formula is C14H19Cl2N3O3S. The minimum atomic E-state index is -3.38. The van der Waals surface area contributed by atoms with Crippen LogP contribution in [0.5, 0.6) is 0 Å². The topological polar surface area (TPSA) is 78.5 Å². The molecule has 0 aliphatic heterocycles. The summed E-state index contributed by atoms with van der Waals surface area (Å²) in [5.41, 5.74) is 0.730. The van der Waals surface area contributed by atoms with Gasteiger partial charge >= 0.3 is 6.03 Å². The second-order valence-corrected chi connectivity index (χ2v) is 9.13. The van der Waals surface area contributed by atoms with Crippen molar-refractivity contribution in [1.29, 1.82) is 0 Å². The van der Waals surface area contributed by atoms with Crippen LogP contribution in [0.25, 0.3) is 0 Å². The molecule has 1 aliphatic rings. The van der Waals surface area contributed by atoms with Crippen LogP contribution in [0.1, 0.15) is 18.4 Å². The van der Waals surface area contributed by atoms with Gasteiger partial charge in [0.25, 0.3) is 0 Å². The van der Waals surface area contributed by atoms with E-state index in [9.17, 15) is 13.2 Å². The zero-order valence-electron chi connectivity index (χ0n) is 12.9. The highest BCUT2D eigenvalue weighted by atomic mass is 35.5. The first-order valence-electron chi connectivity index (χ1n) is 7.06. The highest BCUT2D eigenvalue weighted by molar-refractivity contribution is 7.90. The summed E-state index contributed by atoms with van der Waals surface area (Å²) in [6.45, 7) is 0.322. The number of halogens is 2. The van der Waals surface area contributed by atoms with Crippen molar-refractivity contribution in [2.45, 2.75) is 24.1 Å². The standard InChI is InChI=1S/C14H19Cl2N3O3S/c1-19(2)23(21,22)14(5-6-14)9-18-13(20)17-8-10-3-4-11(15)7-12(10)16/h3-4,7H,5-6,8-9H2,1-2H3,(H2,17,18,20). The summed E-state index contributed by atoms with van der Waals surface area (Å²) < 4.78 is 24.7. The predicted molar refractivity (Wildman–Crippen MR) is 91.3 cm³/mol. The van der Waals surface area contributed by atoms with Gasteiger partial charge in [-0.3, -0.25) is 0 Å². The van der Waals surface area contributed by atoms with Crippen molar-refractivity contribution >= 4 is 39.3 Å². The molecule has 0 saturated heterocycles. The molecular weight excluding hydrogens is 361 g/mol. The fraction of sp³-hybridized carbons (Fsp3) is 0.500. The Bertz CT molecular complexity index is 703. The van der Waals surface area contributed by atoms with E-state index in [1.165, 1.54) is 18.4 Å². The number of rotatable bonds is 6. The van der Waals surface area contributed by atoms with Crippen LogP contribution < -0.4 is 10.6 Å². The number of hydrogen-bond donors (Lipinski definition) is 2. The van der Waals surface area contributed by atoms with Crippen molar-refractivity contribution in [1.82, 2.24) is 14.9 Å². The van der Waals surface area contributed by atoms with E-state index in [1.807, 2.05) is 0 Å². The third-order valence-electron chi connectivity index (χ3n) is 3.86. The van der Waals surface area contributed by atoms with Crippen LogP contribution in [0.2, 0.25) is 10.0 Å². The van der Waals surface area contributed by atoms with Crippen molar-refractivity contribution in [3.63, 3.8) is 0 Å². The van der Waals surface area contributed by atoms with Crippen LogP contribution in [0, 0.1) is 0 Å². The molecule has 0 spiro atoms. The lowest BCUT2D eigenvalue weighted by Crippen LogP contribution is -2.46. The van der Waals surface area contributed by atoms with Gasteiger partial charge in [0.05, 0.1) is 0 Å². The summed E-state index contributed by atoms with van der Waals surface area (Å²) in [4.78, 5) is 11.9. The van der Waals surface area contributed by atoms with E-state index in [0.717, 1.165) is 5.56 Å². The van der Waals surface area contributed by atoms with Gasteiger partial charge in [0.15, 0.2) is 0 Å². The quantitative estimate of drug-likeness (QED) is 0.794. The minimum Gasteiger partial charge on any atom is -0.337 e. The largest absolute Gasteiger partial charge is 0.337 e. The van der Waals surface area contributed by atoms with E-state index >= 15 is 0 Å². The van der Waals surface area contributed by atoms with Gasteiger partial charge in [-0.15, -0.1) is 0 Å². The van der Waals surface area contributed by atoms with E-state index in [1.54, 1.807) is 18.2 Å². The molecule has 0 bridgehead atoms.